The van der Waals surface area contributed by atoms with Gasteiger partial charge in [0, 0.05) is 19.2 Å². The van der Waals surface area contributed by atoms with Gasteiger partial charge in [-0.3, -0.25) is 14.4 Å². The molecule has 8 nitrogen and oxygen atoms in total. The summed E-state index contributed by atoms with van der Waals surface area (Å²) < 4.78 is 11.6. The molecule has 30 heavy (non-hydrogen) atoms. The standard InChI is InChI=1S/C22H34N2O6/c1-2-29-21(28)16-15-10-11-22(30-15)17(16)20(27)24(12-6-7-13-25)18(22)19(26)23-14-8-4-3-5-9-14/h14-18,25H,2-13H2,1H3,(H,23,26)/t15-,16+,17+,18-,22+/m0/s1. The zero-order valence-electron chi connectivity index (χ0n) is 17.8. The molecule has 1 spiro atoms. The number of fused-ring (bicyclic) bond motifs is 1. The lowest BCUT2D eigenvalue weighted by Gasteiger charge is -2.35. The van der Waals surface area contributed by atoms with Crippen LogP contribution in [0.3, 0.4) is 0 Å². The molecule has 168 valence electrons. The number of esters is 1. The molecule has 4 rings (SSSR count). The molecule has 8 heteroatoms. The molecule has 4 aliphatic rings. The zero-order valence-corrected chi connectivity index (χ0v) is 17.8. The maximum Gasteiger partial charge on any atom is 0.312 e. The second-order valence-electron chi connectivity index (χ2n) is 9.11. The van der Waals surface area contributed by atoms with Gasteiger partial charge in [-0.1, -0.05) is 19.3 Å². The van der Waals surface area contributed by atoms with Crippen LogP contribution >= 0.6 is 0 Å². The maximum absolute atomic E-state index is 13.5. The minimum Gasteiger partial charge on any atom is -0.466 e. The van der Waals surface area contributed by atoms with E-state index in [0.29, 0.717) is 32.2 Å². The minimum atomic E-state index is -0.947. The van der Waals surface area contributed by atoms with E-state index in [-0.39, 0.29) is 37.2 Å². The molecule has 5 atom stereocenters. The molecule has 4 fully saturated rings. The van der Waals surface area contributed by atoms with Crippen molar-refractivity contribution in [3.8, 4) is 0 Å². The highest BCUT2D eigenvalue weighted by molar-refractivity contribution is 5.98. The number of hydrogen-bond donors (Lipinski definition) is 2. The number of carbonyl (C=O) groups excluding carboxylic acids is 3. The molecule has 0 aromatic rings. The molecule has 2 bridgehead atoms. The summed E-state index contributed by atoms with van der Waals surface area (Å²) in [7, 11) is 0. The molecular weight excluding hydrogens is 388 g/mol. The summed E-state index contributed by atoms with van der Waals surface area (Å²) in [5.74, 6) is -2.04. The van der Waals surface area contributed by atoms with Crippen molar-refractivity contribution in [3.63, 3.8) is 0 Å². The number of unbranched alkanes of at least 4 members (excludes halogenated alkanes) is 1. The molecule has 2 N–H and O–H groups in total. The Labute approximate surface area is 177 Å². The Hall–Kier alpha value is -1.67. The summed E-state index contributed by atoms with van der Waals surface area (Å²) in [6.07, 6.45) is 7.38. The number of hydrogen-bond acceptors (Lipinski definition) is 6. The molecule has 1 aliphatic carbocycles. The fraction of sp³-hybridized carbons (Fsp3) is 0.864. The van der Waals surface area contributed by atoms with Crippen LogP contribution in [0.2, 0.25) is 0 Å². The van der Waals surface area contributed by atoms with E-state index in [9.17, 15) is 14.4 Å². The van der Waals surface area contributed by atoms with Crippen LogP contribution in [0.15, 0.2) is 0 Å². The summed E-state index contributed by atoms with van der Waals surface area (Å²) in [6, 6.07) is -0.587. The number of rotatable bonds is 8. The molecule has 0 aromatic heterocycles. The van der Waals surface area contributed by atoms with Crippen molar-refractivity contribution in [2.75, 3.05) is 19.8 Å². The summed E-state index contributed by atoms with van der Waals surface area (Å²) >= 11 is 0. The van der Waals surface area contributed by atoms with E-state index in [1.807, 2.05) is 0 Å². The van der Waals surface area contributed by atoms with Gasteiger partial charge in [0.25, 0.3) is 0 Å². The molecule has 3 aliphatic heterocycles. The van der Waals surface area contributed by atoms with E-state index in [2.05, 4.69) is 5.32 Å². The Morgan fingerprint density at radius 1 is 1.23 bits per heavy atom. The van der Waals surface area contributed by atoms with Crippen molar-refractivity contribution in [3.05, 3.63) is 0 Å². The first-order valence-electron chi connectivity index (χ1n) is 11.6. The summed E-state index contributed by atoms with van der Waals surface area (Å²) in [6.45, 7) is 2.42. The van der Waals surface area contributed by atoms with Gasteiger partial charge in [0.1, 0.15) is 11.6 Å². The van der Waals surface area contributed by atoms with Crippen LogP contribution in [-0.4, -0.2) is 71.3 Å². The van der Waals surface area contributed by atoms with Crippen molar-refractivity contribution < 1.29 is 29.0 Å². The Bertz CT molecular complexity index is 679. The van der Waals surface area contributed by atoms with E-state index in [1.54, 1.807) is 11.8 Å². The molecule has 1 saturated carbocycles. The van der Waals surface area contributed by atoms with Crippen LogP contribution < -0.4 is 5.32 Å². The van der Waals surface area contributed by atoms with Crippen LogP contribution in [0.5, 0.6) is 0 Å². The van der Waals surface area contributed by atoms with Crippen LogP contribution in [0.4, 0.5) is 0 Å². The molecule has 3 saturated heterocycles. The van der Waals surface area contributed by atoms with E-state index in [0.717, 1.165) is 25.7 Å². The van der Waals surface area contributed by atoms with Crippen LogP contribution in [0.1, 0.15) is 64.7 Å². The second kappa shape index (κ2) is 8.83. The fourth-order valence-corrected chi connectivity index (χ4v) is 6.12. The predicted molar refractivity (Wildman–Crippen MR) is 107 cm³/mol. The number of nitrogens with one attached hydrogen (secondary N) is 1. The van der Waals surface area contributed by atoms with Crippen molar-refractivity contribution in [2.45, 2.75) is 88.5 Å². The van der Waals surface area contributed by atoms with Gasteiger partial charge in [0.05, 0.1) is 24.5 Å². The van der Waals surface area contributed by atoms with Crippen molar-refractivity contribution in [1.82, 2.24) is 10.2 Å². The number of nitrogens with zero attached hydrogens (tertiary/aromatic N) is 1. The van der Waals surface area contributed by atoms with Crippen molar-refractivity contribution in [1.29, 1.82) is 0 Å². The van der Waals surface area contributed by atoms with Crippen LogP contribution in [0, 0.1) is 11.8 Å². The summed E-state index contributed by atoms with van der Waals surface area (Å²) in [5.41, 5.74) is -0.947. The highest BCUT2D eigenvalue weighted by Gasteiger charge is 2.74. The van der Waals surface area contributed by atoms with Crippen LogP contribution in [0.25, 0.3) is 0 Å². The molecule has 0 aromatic carbocycles. The zero-order chi connectivity index (χ0) is 21.3. The van der Waals surface area contributed by atoms with Gasteiger partial charge in [0.15, 0.2) is 0 Å². The lowest BCUT2D eigenvalue weighted by atomic mass is 9.70. The SMILES string of the molecule is CCOC(=O)[C@@H]1[C@@H]2CC[C@]3(O2)[C@H](C(=O)NC2CCCCC2)N(CCCCO)C(=O)[C@@H]13. The number of aliphatic hydroxyl groups is 1. The van der Waals surface area contributed by atoms with Crippen molar-refractivity contribution >= 4 is 17.8 Å². The van der Waals surface area contributed by atoms with Gasteiger partial charge in [0.2, 0.25) is 11.8 Å². The number of aliphatic hydroxyl groups excluding tert-OH is 1. The van der Waals surface area contributed by atoms with Gasteiger partial charge in [-0.25, -0.2) is 0 Å². The first-order valence-corrected chi connectivity index (χ1v) is 11.6. The number of likely N-dealkylation sites (tertiary alicyclic amines) is 1. The normalized spacial score (nSPS) is 35.5. The fourth-order valence-electron chi connectivity index (χ4n) is 6.12. The quantitative estimate of drug-likeness (QED) is 0.449. The first kappa shape index (κ1) is 21.6. The second-order valence-corrected chi connectivity index (χ2v) is 9.11. The number of amides is 2. The highest BCUT2D eigenvalue weighted by Crippen LogP contribution is 2.58. The van der Waals surface area contributed by atoms with Gasteiger partial charge >= 0.3 is 5.97 Å². The van der Waals surface area contributed by atoms with Gasteiger partial charge < -0.3 is 24.8 Å². The third-order valence-electron chi connectivity index (χ3n) is 7.37. The maximum atomic E-state index is 13.5. The average Bonchev–Trinajstić information content (AvgIpc) is 3.37. The lowest BCUT2D eigenvalue weighted by Crippen LogP contribution is -2.57. The molecule has 2 amide bonds. The Morgan fingerprint density at radius 2 is 2.00 bits per heavy atom. The van der Waals surface area contributed by atoms with E-state index < -0.39 is 29.4 Å². The topological polar surface area (TPSA) is 105 Å². The Kier molecular flexibility index (Phi) is 6.34. The van der Waals surface area contributed by atoms with Crippen LogP contribution in [-0.2, 0) is 23.9 Å². The smallest absolute Gasteiger partial charge is 0.312 e. The lowest BCUT2D eigenvalue weighted by molar-refractivity contribution is -0.154. The summed E-state index contributed by atoms with van der Waals surface area (Å²) in [5, 5.41) is 12.4. The predicted octanol–water partition coefficient (Wildman–Crippen LogP) is 1.15. The van der Waals surface area contributed by atoms with Gasteiger partial charge in [-0.2, -0.15) is 0 Å². The Balaban J connectivity index is 1.60. The minimum absolute atomic E-state index is 0.0412. The largest absolute Gasteiger partial charge is 0.466 e. The first-order chi connectivity index (χ1) is 14.5. The van der Waals surface area contributed by atoms with E-state index >= 15 is 0 Å². The molecule has 3 heterocycles. The average molecular weight is 423 g/mol. The third-order valence-corrected chi connectivity index (χ3v) is 7.37. The molecule has 0 radical (unpaired) electrons. The van der Waals surface area contributed by atoms with Gasteiger partial charge in [-0.15, -0.1) is 0 Å². The van der Waals surface area contributed by atoms with Crippen molar-refractivity contribution in [2.24, 2.45) is 11.8 Å². The van der Waals surface area contributed by atoms with Gasteiger partial charge in [-0.05, 0) is 45.4 Å². The molecular formula is C22H34N2O6. The summed E-state index contributed by atoms with van der Waals surface area (Å²) in [4.78, 5) is 41.3. The van der Waals surface area contributed by atoms with E-state index in [4.69, 9.17) is 14.6 Å². The highest BCUT2D eigenvalue weighted by atomic mass is 16.6. The third kappa shape index (κ3) is 3.51. The number of ether oxygens (including phenoxy) is 2. The monoisotopic (exact) mass is 422 g/mol. The van der Waals surface area contributed by atoms with E-state index in [1.165, 1.54) is 6.42 Å². The Morgan fingerprint density at radius 3 is 2.70 bits per heavy atom. The number of carbonyl (C=O) groups is 3. The molecule has 0 unspecified atom stereocenters.